The Labute approximate surface area is 169 Å². The molecule has 0 atom stereocenters. The van der Waals surface area contributed by atoms with Crippen molar-refractivity contribution in [1.82, 2.24) is 20.1 Å². The Balaban J connectivity index is 1.59. The summed E-state index contributed by atoms with van der Waals surface area (Å²) in [6, 6.07) is 14.1. The number of aromatic nitrogens is 3. The summed E-state index contributed by atoms with van der Waals surface area (Å²) in [5.74, 6) is 0.225. The van der Waals surface area contributed by atoms with Gasteiger partial charge in [0.05, 0.1) is 12.4 Å². The van der Waals surface area contributed by atoms with Crippen LogP contribution in [-0.2, 0) is 22.7 Å². The van der Waals surface area contributed by atoms with E-state index >= 15 is 0 Å². The Morgan fingerprint density at radius 1 is 1.14 bits per heavy atom. The van der Waals surface area contributed by atoms with Crippen LogP contribution in [0.1, 0.15) is 22.3 Å². The fourth-order valence-electron chi connectivity index (χ4n) is 2.78. The molecule has 0 bridgehead atoms. The molecule has 1 heterocycles. The predicted octanol–water partition coefficient (Wildman–Crippen LogP) is 3.44. The molecule has 28 heavy (non-hydrogen) atoms. The van der Waals surface area contributed by atoms with Gasteiger partial charge in [-0.2, -0.15) is 0 Å². The second kappa shape index (κ2) is 9.52. The van der Waals surface area contributed by atoms with Gasteiger partial charge in [0.2, 0.25) is 5.91 Å². The van der Waals surface area contributed by atoms with Crippen molar-refractivity contribution in [3.8, 4) is 5.69 Å². The fourth-order valence-corrected chi connectivity index (χ4v) is 3.54. The van der Waals surface area contributed by atoms with E-state index in [1.807, 2.05) is 34.9 Å². The van der Waals surface area contributed by atoms with E-state index in [0.717, 1.165) is 16.8 Å². The number of carbonyl (C=O) groups is 1. The van der Waals surface area contributed by atoms with Gasteiger partial charge in [-0.25, -0.2) is 0 Å². The first-order valence-electron chi connectivity index (χ1n) is 9.01. The van der Waals surface area contributed by atoms with Crippen molar-refractivity contribution in [3.63, 3.8) is 0 Å². The van der Waals surface area contributed by atoms with Gasteiger partial charge < -0.3 is 10.1 Å². The summed E-state index contributed by atoms with van der Waals surface area (Å²) in [6.45, 7) is 5.16. The van der Waals surface area contributed by atoms with Crippen molar-refractivity contribution in [2.24, 2.45) is 0 Å². The number of ether oxygens (including phenoxy) is 1. The van der Waals surface area contributed by atoms with Crippen LogP contribution in [0.15, 0.2) is 53.9 Å². The largest absolute Gasteiger partial charge is 0.380 e. The van der Waals surface area contributed by atoms with E-state index in [-0.39, 0.29) is 11.7 Å². The van der Waals surface area contributed by atoms with Gasteiger partial charge >= 0.3 is 0 Å². The lowest BCUT2D eigenvalue weighted by Gasteiger charge is -2.11. The zero-order valence-corrected chi connectivity index (χ0v) is 17.1. The highest BCUT2D eigenvalue weighted by molar-refractivity contribution is 7.99. The Hall–Kier alpha value is -2.64. The summed E-state index contributed by atoms with van der Waals surface area (Å²) in [4.78, 5) is 12.3. The number of nitrogens with one attached hydrogen (secondary N) is 1. The average molecular weight is 397 g/mol. The molecule has 0 saturated carbocycles. The summed E-state index contributed by atoms with van der Waals surface area (Å²) < 4.78 is 7.11. The molecule has 0 aliphatic rings. The first kappa shape index (κ1) is 20.1. The van der Waals surface area contributed by atoms with Crippen molar-refractivity contribution >= 4 is 17.7 Å². The molecular formula is C21H24N4O2S. The zero-order chi connectivity index (χ0) is 19.9. The molecular weight excluding hydrogens is 372 g/mol. The van der Waals surface area contributed by atoms with E-state index in [2.05, 4.69) is 41.5 Å². The van der Waals surface area contributed by atoms with Crippen LogP contribution in [0.25, 0.3) is 5.69 Å². The molecule has 0 radical (unpaired) electrons. The molecule has 0 aliphatic carbocycles. The quantitative estimate of drug-likeness (QED) is 0.591. The van der Waals surface area contributed by atoms with Gasteiger partial charge in [-0.15, -0.1) is 10.2 Å². The highest BCUT2D eigenvalue weighted by atomic mass is 32.2. The van der Waals surface area contributed by atoms with Gasteiger partial charge in [0, 0.05) is 19.3 Å². The smallest absolute Gasteiger partial charge is 0.230 e. The second-order valence-corrected chi connectivity index (χ2v) is 7.46. The van der Waals surface area contributed by atoms with Crippen molar-refractivity contribution < 1.29 is 9.53 Å². The number of hydrogen-bond donors (Lipinski definition) is 1. The van der Waals surface area contributed by atoms with Crippen LogP contribution < -0.4 is 5.32 Å². The van der Waals surface area contributed by atoms with Crippen molar-refractivity contribution in [1.29, 1.82) is 0 Å². The summed E-state index contributed by atoms with van der Waals surface area (Å²) in [5, 5.41) is 11.8. The van der Waals surface area contributed by atoms with E-state index < -0.39 is 0 Å². The van der Waals surface area contributed by atoms with Crippen LogP contribution in [0.5, 0.6) is 0 Å². The minimum absolute atomic E-state index is 0.0492. The monoisotopic (exact) mass is 396 g/mol. The fraction of sp³-hybridized carbons (Fsp3) is 0.286. The lowest BCUT2D eigenvalue weighted by atomic mass is 10.1. The Morgan fingerprint density at radius 3 is 2.68 bits per heavy atom. The lowest BCUT2D eigenvalue weighted by molar-refractivity contribution is -0.118. The highest BCUT2D eigenvalue weighted by Gasteiger charge is 2.11. The van der Waals surface area contributed by atoms with Crippen LogP contribution >= 0.6 is 11.8 Å². The topological polar surface area (TPSA) is 69.0 Å². The molecule has 7 heteroatoms. The van der Waals surface area contributed by atoms with Crippen LogP contribution in [-0.4, -0.2) is 33.5 Å². The summed E-state index contributed by atoms with van der Waals surface area (Å²) in [7, 11) is 1.66. The Bertz CT molecular complexity index is 955. The van der Waals surface area contributed by atoms with Gasteiger partial charge in [-0.05, 0) is 48.2 Å². The lowest BCUT2D eigenvalue weighted by Crippen LogP contribution is -2.25. The molecule has 1 N–H and O–H groups in total. The molecule has 2 aromatic carbocycles. The van der Waals surface area contributed by atoms with E-state index in [9.17, 15) is 4.79 Å². The van der Waals surface area contributed by atoms with Crippen molar-refractivity contribution in [3.05, 3.63) is 71.0 Å². The summed E-state index contributed by atoms with van der Waals surface area (Å²) >= 11 is 1.37. The number of nitrogens with zero attached hydrogens (tertiary/aromatic N) is 3. The number of benzene rings is 2. The molecule has 0 aliphatic heterocycles. The maximum absolute atomic E-state index is 12.3. The summed E-state index contributed by atoms with van der Waals surface area (Å²) in [6.07, 6.45) is 1.67. The molecule has 0 saturated heterocycles. The minimum atomic E-state index is -0.0492. The molecule has 1 amide bonds. The number of rotatable bonds is 8. The normalized spacial score (nSPS) is 10.8. The maximum atomic E-state index is 12.3. The molecule has 146 valence electrons. The minimum Gasteiger partial charge on any atom is -0.380 e. The third kappa shape index (κ3) is 4.99. The molecule has 0 fully saturated rings. The van der Waals surface area contributed by atoms with Crippen molar-refractivity contribution in [2.45, 2.75) is 32.2 Å². The molecule has 6 nitrogen and oxygen atoms in total. The molecule has 3 aromatic rings. The van der Waals surface area contributed by atoms with Crippen LogP contribution in [0, 0.1) is 13.8 Å². The van der Waals surface area contributed by atoms with Gasteiger partial charge in [0.15, 0.2) is 5.16 Å². The predicted molar refractivity (Wildman–Crippen MR) is 111 cm³/mol. The SMILES string of the molecule is COCc1ccccc1CNC(=O)CSc1nncn1-c1ccc(C)c(C)c1. The van der Waals surface area contributed by atoms with Gasteiger partial charge in [-0.3, -0.25) is 9.36 Å². The van der Waals surface area contributed by atoms with Crippen molar-refractivity contribution in [2.75, 3.05) is 12.9 Å². The standard InChI is InChI=1S/C21H24N4O2S/c1-15-8-9-19(10-16(15)2)25-14-23-24-21(25)28-13-20(26)22-11-17-6-4-5-7-18(17)12-27-3/h4-10,14H,11-13H2,1-3H3,(H,22,26). The van der Waals surface area contributed by atoms with Crippen LogP contribution in [0.4, 0.5) is 0 Å². The number of aryl methyl sites for hydroxylation is 2. The Kier molecular flexibility index (Phi) is 6.84. The number of thioether (sulfide) groups is 1. The van der Waals surface area contributed by atoms with E-state index in [1.165, 1.54) is 22.9 Å². The molecule has 0 unspecified atom stereocenters. The number of hydrogen-bond acceptors (Lipinski definition) is 5. The average Bonchev–Trinajstić information content (AvgIpc) is 3.16. The first-order valence-corrected chi connectivity index (χ1v) is 10.00. The van der Waals surface area contributed by atoms with Gasteiger partial charge in [0.1, 0.15) is 6.33 Å². The van der Waals surface area contributed by atoms with Gasteiger partial charge in [0.25, 0.3) is 0 Å². The highest BCUT2D eigenvalue weighted by Crippen LogP contribution is 2.21. The number of amides is 1. The van der Waals surface area contributed by atoms with E-state index in [1.54, 1.807) is 13.4 Å². The Morgan fingerprint density at radius 2 is 1.93 bits per heavy atom. The molecule has 0 spiro atoms. The van der Waals surface area contributed by atoms with Gasteiger partial charge in [-0.1, -0.05) is 42.1 Å². The number of carbonyl (C=O) groups excluding carboxylic acids is 1. The third-order valence-corrected chi connectivity index (χ3v) is 5.45. The number of methoxy groups -OCH3 is 1. The first-order chi connectivity index (χ1) is 13.6. The molecule has 1 aromatic heterocycles. The van der Waals surface area contributed by atoms with Crippen LogP contribution in [0.2, 0.25) is 0 Å². The van der Waals surface area contributed by atoms with E-state index in [4.69, 9.17) is 4.74 Å². The van der Waals surface area contributed by atoms with Crippen LogP contribution in [0.3, 0.4) is 0 Å². The van der Waals surface area contributed by atoms with E-state index in [0.29, 0.717) is 18.3 Å². The third-order valence-electron chi connectivity index (χ3n) is 4.51. The zero-order valence-electron chi connectivity index (χ0n) is 16.3. The second-order valence-electron chi connectivity index (χ2n) is 6.52. The maximum Gasteiger partial charge on any atom is 0.230 e. The summed E-state index contributed by atoms with van der Waals surface area (Å²) in [5.41, 5.74) is 5.56. The molecule has 3 rings (SSSR count).